The predicted molar refractivity (Wildman–Crippen MR) is 142 cm³/mol. The van der Waals surface area contributed by atoms with Gasteiger partial charge in [0.25, 0.3) is 0 Å². The number of anilines is 1. The zero-order valence-corrected chi connectivity index (χ0v) is 22.8. The van der Waals surface area contributed by atoms with E-state index in [0.717, 1.165) is 39.2 Å². The van der Waals surface area contributed by atoms with Crippen LogP contribution in [0.3, 0.4) is 0 Å². The van der Waals surface area contributed by atoms with Gasteiger partial charge in [0.15, 0.2) is 0 Å². The quantitative estimate of drug-likeness (QED) is 0.502. The second-order valence-electron chi connectivity index (χ2n) is 9.25. The smallest absolute Gasteiger partial charge is 0.244 e. The van der Waals surface area contributed by atoms with E-state index in [4.69, 9.17) is 0 Å². The molecule has 0 spiro atoms. The van der Waals surface area contributed by atoms with Crippen molar-refractivity contribution in [3.8, 4) is 0 Å². The molecule has 0 aliphatic rings. The van der Waals surface area contributed by atoms with Crippen molar-refractivity contribution in [2.75, 3.05) is 17.1 Å². The summed E-state index contributed by atoms with van der Waals surface area (Å²) in [6.45, 7) is 11.2. The summed E-state index contributed by atoms with van der Waals surface area (Å²) in [4.78, 5) is 28.5. The number of sulfonamides is 1. The molecule has 0 aromatic heterocycles. The largest absolute Gasteiger partial charge is 0.352 e. The van der Waals surface area contributed by atoms with Gasteiger partial charge in [-0.05, 0) is 68.9 Å². The minimum absolute atomic E-state index is 0.0329. The molecule has 2 unspecified atom stereocenters. The first-order chi connectivity index (χ1) is 16.4. The molecule has 7 nitrogen and oxygen atoms in total. The van der Waals surface area contributed by atoms with Crippen LogP contribution in [0, 0.1) is 20.8 Å². The Labute approximate surface area is 210 Å². The molecule has 2 aromatic rings. The number of amides is 2. The lowest BCUT2D eigenvalue weighted by molar-refractivity contribution is -0.140. The van der Waals surface area contributed by atoms with E-state index in [1.54, 1.807) is 6.07 Å². The Morgan fingerprint density at radius 3 is 2.20 bits per heavy atom. The summed E-state index contributed by atoms with van der Waals surface area (Å²) in [5.41, 5.74) is 4.02. The van der Waals surface area contributed by atoms with Crippen molar-refractivity contribution in [2.24, 2.45) is 0 Å². The zero-order chi connectivity index (χ0) is 26.3. The van der Waals surface area contributed by atoms with E-state index < -0.39 is 22.0 Å². The van der Waals surface area contributed by atoms with Gasteiger partial charge in [-0.15, -0.1) is 0 Å². The molecule has 2 rings (SSSR count). The maximum absolute atomic E-state index is 13.8. The molecule has 2 amide bonds. The molecule has 8 heteroatoms. The van der Waals surface area contributed by atoms with Crippen molar-refractivity contribution in [3.63, 3.8) is 0 Å². The van der Waals surface area contributed by atoms with Gasteiger partial charge < -0.3 is 10.2 Å². The number of nitrogens with zero attached hydrogens (tertiary/aromatic N) is 2. The first-order valence-electron chi connectivity index (χ1n) is 12.1. The number of carbonyl (C=O) groups excluding carboxylic acids is 2. The number of carbonyl (C=O) groups is 2. The third kappa shape index (κ3) is 7.56. The van der Waals surface area contributed by atoms with E-state index in [-0.39, 0.29) is 25.0 Å². The highest BCUT2D eigenvalue weighted by atomic mass is 32.2. The van der Waals surface area contributed by atoms with E-state index in [1.807, 2.05) is 77.9 Å². The summed E-state index contributed by atoms with van der Waals surface area (Å²) >= 11 is 0. The Balaban J connectivity index is 2.50. The Kier molecular flexibility index (Phi) is 9.89. The average molecular weight is 502 g/mol. The first-order valence-corrected chi connectivity index (χ1v) is 13.9. The molecular weight excluding hydrogens is 462 g/mol. The van der Waals surface area contributed by atoms with Gasteiger partial charge in [0.1, 0.15) is 12.6 Å². The third-order valence-corrected chi connectivity index (χ3v) is 7.43. The van der Waals surface area contributed by atoms with Gasteiger partial charge in [-0.3, -0.25) is 13.9 Å². The number of hydrogen-bond acceptors (Lipinski definition) is 4. The minimum Gasteiger partial charge on any atom is -0.352 e. The Hall–Kier alpha value is -2.87. The minimum atomic E-state index is -3.76. The number of nitrogens with one attached hydrogen (secondary N) is 1. The molecule has 0 fully saturated rings. The first kappa shape index (κ1) is 28.4. The van der Waals surface area contributed by atoms with E-state index in [0.29, 0.717) is 12.1 Å². The summed E-state index contributed by atoms with van der Waals surface area (Å²) in [7, 11) is -3.76. The lowest BCUT2D eigenvalue weighted by Crippen LogP contribution is -2.53. The molecule has 0 radical (unpaired) electrons. The lowest BCUT2D eigenvalue weighted by atomic mass is 10.1. The van der Waals surface area contributed by atoms with Crippen molar-refractivity contribution in [3.05, 3.63) is 64.7 Å². The molecule has 0 saturated heterocycles. The monoisotopic (exact) mass is 501 g/mol. The highest BCUT2D eigenvalue weighted by Gasteiger charge is 2.32. The molecule has 192 valence electrons. The molecule has 0 saturated carbocycles. The maximum Gasteiger partial charge on any atom is 0.244 e. The maximum atomic E-state index is 13.8. The molecule has 2 aromatic carbocycles. The predicted octanol–water partition coefficient (Wildman–Crippen LogP) is 4.10. The van der Waals surface area contributed by atoms with Gasteiger partial charge in [-0.1, -0.05) is 50.2 Å². The van der Waals surface area contributed by atoms with Crippen molar-refractivity contribution in [2.45, 2.75) is 73.0 Å². The standard InChI is InChI=1S/C27H39N3O4S/c1-8-22(6)28-27(32)24(9-2)29(17-23-13-11-10-12-20(23)4)26(31)18-30(35(7,33)34)25-16-19(3)14-15-21(25)5/h10-16,22,24H,8-9,17-18H2,1-7H3,(H,28,32). The molecule has 0 bridgehead atoms. The number of hydrogen-bond donors (Lipinski definition) is 1. The van der Waals surface area contributed by atoms with Crippen LogP contribution < -0.4 is 9.62 Å². The third-order valence-electron chi connectivity index (χ3n) is 6.30. The fourth-order valence-electron chi connectivity index (χ4n) is 3.91. The average Bonchev–Trinajstić information content (AvgIpc) is 2.79. The Morgan fingerprint density at radius 1 is 0.971 bits per heavy atom. The van der Waals surface area contributed by atoms with Crippen LogP contribution in [0.2, 0.25) is 0 Å². The van der Waals surface area contributed by atoms with Gasteiger partial charge in [-0.25, -0.2) is 8.42 Å². The number of benzene rings is 2. The van der Waals surface area contributed by atoms with Gasteiger partial charge >= 0.3 is 0 Å². The van der Waals surface area contributed by atoms with Crippen LogP contribution in [0.1, 0.15) is 55.9 Å². The van der Waals surface area contributed by atoms with Crippen LogP contribution in [-0.2, 0) is 26.2 Å². The van der Waals surface area contributed by atoms with Crippen LogP contribution >= 0.6 is 0 Å². The molecular formula is C27H39N3O4S. The lowest BCUT2D eigenvalue weighted by Gasteiger charge is -2.34. The van der Waals surface area contributed by atoms with Crippen LogP contribution in [0.4, 0.5) is 5.69 Å². The van der Waals surface area contributed by atoms with Crippen LogP contribution in [0.25, 0.3) is 0 Å². The summed E-state index contributed by atoms with van der Waals surface area (Å²) < 4.78 is 26.7. The van der Waals surface area contributed by atoms with Crippen molar-refractivity contribution in [1.29, 1.82) is 0 Å². The second kappa shape index (κ2) is 12.2. The van der Waals surface area contributed by atoms with Gasteiger partial charge in [0.05, 0.1) is 11.9 Å². The van der Waals surface area contributed by atoms with E-state index in [1.165, 1.54) is 4.90 Å². The Morgan fingerprint density at radius 2 is 1.63 bits per heavy atom. The van der Waals surface area contributed by atoms with Crippen LogP contribution in [0.15, 0.2) is 42.5 Å². The highest BCUT2D eigenvalue weighted by Crippen LogP contribution is 2.25. The van der Waals surface area contributed by atoms with Crippen molar-refractivity contribution in [1.82, 2.24) is 10.2 Å². The summed E-state index contributed by atoms with van der Waals surface area (Å²) in [6.07, 6.45) is 2.27. The highest BCUT2D eigenvalue weighted by molar-refractivity contribution is 7.92. The second-order valence-corrected chi connectivity index (χ2v) is 11.2. The summed E-state index contributed by atoms with van der Waals surface area (Å²) in [6, 6.07) is 12.4. The van der Waals surface area contributed by atoms with Gasteiger partial charge in [0, 0.05) is 12.6 Å². The summed E-state index contributed by atoms with van der Waals surface area (Å²) in [5.74, 6) is -0.660. The fourth-order valence-corrected chi connectivity index (χ4v) is 4.81. The van der Waals surface area contributed by atoms with Crippen molar-refractivity contribution < 1.29 is 18.0 Å². The van der Waals surface area contributed by atoms with E-state index in [2.05, 4.69) is 5.32 Å². The fraction of sp³-hybridized carbons (Fsp3) is 0.481. The summed E-state index contributed by atoms with van der Waals surface area (Å²) in [5, 5.41) is 2.98. The normalized spacial score (nSPS) is 13.1. The number of rotatable bonds is 11. The molecule has 0 aliphatic carbocycles. The van der Waals surface area contributed by atoms with Gasteiger partial charge in [0.2, 0.25) is 21.8 Å². The molecule has 0 aliphatic heterocycles. The SMILES string of the molecule is CCC(C)NC(=O)C(CC)N(Cc1ccccc1C)C(=O)CN(c1cc(C)ccc1C)S(C)(=O)=O. The zero-order valence-electron chi connectivity index (χ0n) is 22.0. The van der Waals surface area contributed by atoms with Crippen LogP contribution in [-0.4, -0.2) is 50.0 Å². The van der Waals surface area contributed by atoms with Crippen LogP contribution in [0.5, 0.6) is 0 Å². The van der Waals surface area contributed by atoms with E-state index >= 15 is 0 Å². The topological polar surface area (TPSA) is 86.8 Å². The number of aryl methyl sites for hydroxylation is 3. The Bertz CT molecular complexity index is 1150. The molecule has 0 heterocycles. The van der Waals surface area contributed by atoms with E-state index in [9.17, 15) is 18.0 Å². The molecule has 2 atom stereocenters. The van der Waals surface area contributed by atoms with Crippen molar-refractivity contribution >= 4 is 27.5 Å². The molecule has 1 N–H and O–H groups in total. The molecule has 35 heavy (non-hydrogen) atoms. The van der Waals surface area contributed by atoms with Gasteiger partial charge in [-0.2, -0.15) is 0 Å².